The first-order valence-electron chi connectivity index (χ1n) is 19.0. The summed E-state index contributed by atoms with van der Waals surface area (Å²) in [6, 6.07) is 51.6. The first-order valence-corrected chi connectivity index (χ1v) is 19.8. The first kappa shape index (κ1) is 38.5. The van der Waals surface area contributed by atoms with Crippen LogP contribution in [0.25, 0.3) is 47.8 Å². The largest absolute Gasteiger partial charge is 0.516 e. The molecule has 3 aromatic heterocycles. The topological polar surface area (TPSA) is 42.3 Å². The van der Waals surface area contributed by atoms with Crippen LogP contribution in [0.4, 0.5) is 22.7 Å². The molecule has 1 N–H and O–H groups in total. The molecule has 57 heavy (non-hydrogen) atoms. The molecule has 0 aliphatic carbocycles. The van der Waals surface area contributed by atoms with E-state index in [9.17, 15) is 0 Å². The number of hydrogen-bond acceptors (Lipinski definition) is 5. The van der Waals surface area contributed by atoms with Gasteiger partial charge in [-0.3, -0.25) is 7.05 Å². The summed E-state index contributed by atoms with van der Waals surface area (Å²) in [6.07, 6.45) is 1.90. The number of hydrogen-bond donors (Lipinski definition) is 1. The zero-order valence-electron chi connectivity index (χ0n) is 32.9. The molecule has 0 aliphatic heterocycles. The second kappa shape index (κ2) is 14.8. The van der Waals surface area contributed by atoms with Crippen LogP contribution in [0.5, 0.6) is 11.5 Å². The van der Waals surface area contributed by atoms with Crippen LogP contribution < -0.4 is 15.0 Å². The molecule has 0 aliphatic rings. The van der Waals surface area contributed by atoms with Gasteiger partial charge in [-0.25, -0.2) is 4.98 Å². The van der Waals surface area contributed by atoms with E-state index in [1.54, 1.807) is 11.3 Å². The van der Waals surface area contributed by atoms with Crippen molar-refractivity contribution in [3.63, 3.8) is 0 Å². The summed E-state index contributed by atoms with van der Waals surface area (Å²) in [5.41, 5.74) is 7.82. The molecular weight excluding hydrogens is 900 g/mol. The molecule has 9 aromatic rings. The maximum absolute atomic E-state index is 6.70. The molecule has 0 radical (unpaired) electrons. The second-order valence-electron chi connectivity index (χ2n) is 16.4. The van der Waals surface area contributed by atoms with Crippen molar-refractivity contribution < 1.29 is 25.8 Å². The van der Waals surface area contributed by atoms with Gasteiger partial charge in [0.15, 0.2) is 0 Å². The number of nitrogens with one attached hydrogen (secondary N) is 1. The molecule has 5 nitrogen and oxygen atoms in total. The van der Waals surface area contributed by atoms with E-state index in [0.717, 1.165) is 55.9 Å². The maximum atomic E-state index is 6.70. The monoisotopic (exact) mass is 942 g/mol. The Balaban J connectivity index is 0.00000455. The molecule has 0 atom stereocenters. The van der Waals surface area contributed by atoms with Crippen molar-refractivity contribution in [3.05, 3.63) is 164 Å². The number of ether oxygens (including phenoxy) is 1. The van der Waals surface area contributed by atoms with E-state index < -0.39 is 0 Å². The minimum atomic E-state index is -0.165. The quantitative estimate of drug-likeness (QED) is 0.162. The van der Waals surface area contributed by atoms with E-state index in [1.807, 2.05) is 23.2 Å². The van der Waals surface area contributed by atoms with Gasteiger partial charge in [-0.1, -0.05) is 108 Å². The van der Waals surface area contributed by atoms with Crippen LogP contribution in [0.3, 0.4) is 0 Å². The number of benzene rings is 6. The van der Waals surface area contributed by atoms with Gasteiger partial charge in [-0.2, -0.15) is 6.07 Å². The average Bonchev–Trinajstić information content (AvgIpc) is 3.73. The number of fused-ring (bicyclic) bond motifs is 6. The molecule has 0 spiro atoms. The fourth-order valence-corrected chi connectivity index (χ4v) is 8.57. The van der Waals surface area contributed by atoms with E-state index in [2.05, 4.69) is 186 Å². The fourth-order valence-electron chi connectivity index (χ4n) is 7.39. The van der Waals surface area contributed by atoms with Gasteiger partial charge in [-0.15, -0.1) is 58.3 Å². The molecule has 0 amide bonds. The van der Waals surface area contributed by atoms with E-state index in [-0.39, 0.29) is 31.9 Å². The van der Waals surface area contributed by atoms with Crippen LogP contribution >= 0.6 is 11.3 Å². The van der Waals surface area contributed by atoms with E-state index in [4.69, 9.17) is 9.72 Å². The molecule has 0 saturated carbocycles. The summed E-state index contributed by atoms with van der Waals surface area (Å²) in [4.78, 5) is 6.78. The molecule has 0 bridgehead atoms. The van der Waals surface area contributed by atoms with E-state index >= 15 is 0 Å². The Labute approximate surface area is 353 Å². The normalized spacial score (nSPS) is 12.0. The molecule has 9 rings (SSSR count). The molecule has 3 heterocycles. The molecular formula is C50H43N4OPtS-3. The van der Waals surface area contributed by atoms with E-state index in [0.29, 0.717) is 11.5 Å². The summed E-state index contributed by atoms with van der Waals surface area (Å²) in [6.45, 7) is 13.3. The van der Waals surface area contributed by atoms with Crippen molar-refractivity contribution in [2.75, 3.05) is 10.2 Å². The van der Waals surface area contributed by atoms with Crippen molar-refractivity contribution in [1.82, 2.24) is 9.55 Å². The number of rotatable bonds is 7. The van der Waals surface area contributed by atoms with Crippen LogP contribution in [-0.2, 0) is 31.9 Å². The van der Waals surface area contributed by atoms with Crippen molar-refractivity contribution in [3.8, 4) is 17.3 Å². The smallest absolute Gasteiger partial charge is 0.135 e. The minimum absolute atomic E-state index is 0. The Morgan fingerprint density at radius 3 is 2.18 bits per heavy atom. The summed E-state index contributed by atoms with van der Waals surface area (Å²) < 4.78 is 11.4. The SMILES string of the molecule is [CH2-]N(c1[c-]c(Oc2[c-]c3c(cc2)c2ccccc2n3-c2cc(C(C)(C)C)ccn2)cc(C(C)(C)C)c1)c1ccccc1Nc1cccc2c1sc1ccccc12.[Pt]. The average molecular weight is 943 g/mol. The number of anilines is 4. The third-order valence-electron chi connectivity index (χ3n) is 10.5. The van der Waals surface area contributed by atoms with Gasteiger partial charge in [0.05, 0.1) is 16.1 Å². The standard InChI is InChI=1S/C50H43N4OS.Pt/c1-49(2,3)32-25-26-51-47(29-32)54-43-20-11-8-15-37(43)38-24-23-35(31-45(38)54)55-36-28-33(50(4,5)6)27-34(30-36)53(7)44-21-12-10-18-41(44)52-42-19-14-17-40-39-16-9-13-22-46(39)56-48(40)42;/h8-29,52H,7H2,1-6H3;/q-3;. The summed E-state index contributed by atoms with van der Waals surface area (Å²) in [7, 11) is 4.57. The Bertz CT molecular complexity index is 2930. The van der Waals surface area contributed by atoms with Crippen LogP contribution in [0.2, 0.25) is 0 Å². The molecule has 0 fully saturated rings. The fraction of sp³-hybridized carbons (Fsp3) is 0.160. The van der Waals surface area contributed by atoms with Gasteiger partial charge in [-0.05, 0) is 64.2 Å². The van der Waals surface area contributed by atoms with Crippen molar-refractivity contribution in [1.29, 1.82) is 0 Å². The van der Waals surface area contributed by atoms with Crippen LogP contribution in [0.1, 0.15) is 52.7 Å². The molecule has 6 aromatic carbocycles. The predicted molar refractivity (Wildman–Crippen MR) is 237 cm³/mol. The summed E-state index contributed by atoms with van der Waals surface area (Å²) in [5.74, 6) is 2.03. The third kappa shape index (κ3) is 7.22. The minimum Gasteiger partial charge on any atom is -0.516 e. The molecule has 0 unspecified atom stereocenters. The van der Waals surface area contributed by atoms with Gasteiger partial charge in [0.1, 0.15) is 5.82 Å². The van der Waals surface area contributed by atoms with Crippen LogP contribution in [-0.4, -0.2) is 9.55 Å². The summed E-state index contributed by atoms with van der Waals surface area (Å²) in [5, 5.41) is 8.50. The van der Waals surface area contributed by atoms with Crippen molar-refractivity contribution in [2.24, 2.45) is 0 Å². The van der Waals surface area contributed by atoms with Crippen LogP contribution in [0.15, 0.2) is 134 Å². The Hall–Kier alpha value is -5.42. The Morgan fingerprint density at radius 2 is 1.37 bits per heavy atom. The number of pyridine rings is 1. The Kier molecular flexibility index (Phi) is 10.0. The van der Waals surface area contributed by atoms with Crippen LogP contribution in [0, 0.1) is 19.2 Å². The molecule has 0 saturated heterocycles. The zero-order chi connectivity index (χ0) is 38.8. The van der Waals surface area contributed by atoms with Gasteiger partial charge >= 0.3 is 0 Å². The van der Waals surface area contributed by atoms with Gasteiger partial charge in [0.2, 0.25) is 0 Å². The molecule has 288 valence electrons. The van der Waals surface area contributed by atoms with E-state index in [1.165, 1.54) is 25.7 Å². The predicted octanol–water partition coefficient (Wildman–Crippen LogP) is 14.2. The summed E-state index contributed by atoms with van der Waals surface area (Å²) >= 11 is 1.81. The third-order valence-corrected chi connectivity index (χ3v) is 11.7. The van der Waals surface area contributed by atoms with Gasteiger partial charge in [0.25, 0.3) is 0 Å². The zero-order valence-corrected chi connectivity index (χ0v) is 36.0. The van der Waals surface area contributed by atoms with Crippen molar-refractivity contribution in [2.45, 2.75) is 52.4 Å². The number of thiophene rings is 1. The second-order valence-corrected chi connectivity index (χ2v) is 17.5. The number of aromatic nitrogens is 2. The van der Waals surface area contributed by atoms with Gasteiger partial charge < -0.3 is 19.5 Å². The molecule has 7 heteroatoms. The first-order chi connectivity index (χ1) is 26.9. The Morgan fingerprint density at radius 1 is 0.667 bits per heavy atom. The van der Waals surface area contributed by atoms with Crippen molar-refractivity contribution >= 4 is 76.1 Å². The van der Waals surface area contributed by atoms with Gasteiger partial charge in [0, 0.05) is 65.4 Å². The maximum Gasteiger partial charge on any atom is 0.135 e. The number of para-hydroxylation sites is 3. The number of nitrogens with zero attached hydrogens (tertiary/aromatic N) is 3.